The van der Waals surface area contributed by atoms with Crippen LogP contribution in [0.15, 0.2) is 47.4 Å². The Morgan fingerprint density at radius 1 is 1.03 bits per heavy atom. The van der Waals surface area contributed by atoms with Crippen molar-refractivity contribution in [3.05, 3.63) is 58.1 Å². The van der Waals surface area contributed by atoms with Crippen LogP contribution in [0.4, 0.5) is 5.69 Å². The van der Waals surface area contributed by atoms with E-state index in [4.69, 9.17) is 23.2 Å². The van der Waals surface area contributed by atoms with E-state index < -0.39 is 33.4 Å². The topological polar surface area (TPSA) is 74.8 Å². The third-order valence-electron chi connectivity index (χ3n) is 4.79. The molecule has 2 aromatic carbocycles. The second-order valence-corrected chi connectivity index (χ2v) is 10.8. The van der Waals surface area contributed by atoms with Crippen LogP contribution in [0.2, 0.25) is 10.0 Å². The molecule has 0 radical (unpaired) electrons. The fraction of sp³-hybridized carbons (Fsp3) is 0.333. The summed E-state index contributed by atoms with van der Waals surface area (Å²) in [6.45, 7) is 6.88. The van der Waals surface area contributed by atoms with E-state index in [2.05, 4.69) is 0 Å². The van der Waals surface area contributed by atoms with Crippen molar-refractivity contribution in [2.75, 3.05) is 4.90 Å². The van der Waals surface area contributed by atoms with Crippen molar-refractivity contribution in [1.82, 2.24) is 4.31 Å². The summed E-state index contributed by atoms with van der Waals surface area (Å²) < 4.78 is 28.2. The molecule has 1 aliphatic rings. The van der Waals surface area contributed by atoms with Crippen molar-refractivity contribution in [1.29, 1.82) is 0 Å². The minimum absolute atomic E-state index is 0.0131. The summed E-state index contributed by atoms with van der Waals surface area (Å²) in [6.07, 6.45) is -0.263. The molecule has 1 saturated heterocycles. The standard InChI is InChI=1S/C21H22Cl2N2O4S/c1-13-5-8-15(9-6-13)24-19(26)12-17(20(24)27)25(21(2,3)4)30(28,29)18-11-14(22)7-10-16(18)23/h5-11,17H,12H2,1-4H3. The predicted octanol–water partition coefficient (Wildman–Crippen LogP) is 4.42. The summed E-state index contributed by atoms with van der Waals surface area (Å²) in [5, 5.41) is 0.183. The first-order valence-corrected chi connectivity index (χ1v) is 11.5. The molecule has 1 fully saturated rings. The van der Waals surface area contributed by atoms with Gasteiger partial charge in [0.1, 0.15) is 10.9 Å². The predicted molar refractivity (Wildman–Crippen MR) is 117 cm³/mol. The van der Waals surface area contributed by atoms with E-state index in [1.165, 1.54) is 18.2 Å². The van der Waals surface area contributed by atoms with E-state index in [1.807, 2.05) is 6.92 Å². The van der Waals surface area contributed by atoms with E-state index in [-0.39, 0.29) is 21.4 Å². The Labute approximate surface area is 186 Å². The van der Waals surface area contributed by atoms with Crippen molar-refractivity contribution in [3.63, 3.8) is 0 Å². The number of hydrogen-bond donors (Lipinski definition) is 0. The zero-order valence-electron chi connectivity index (χ0n) is 17.0. The lowest BCUT2D eigenvalue weighted by atomic mass is 10.1. The molecule has 1 aliphatic heterocycles. The molecular weight excluding hydrogens is 447 g/mol. The summed E-state index contributed by atoms with van der Waals surface area (Å²) in [4.78, 5) is 26.8. The van der Waals surface area contributed by atoms with E-state index in [0.29, 0.717) is 5.69 Å². The number of halogens is 2. The van der Waals surface area contributed by atoms with Crippen molar-refractivity contribution in [2.24, 2.45) is 0 Å². The van der Waals surface area contributed by atoms with Crippen LogP contribution >= 0.6 is 23.2 Å². The van der Waals surface area contributed by atoms with E-state index in [9.17, 15) is 18.0 Å². The molecule has 0 saturated carbocycles. The highest BCUT2D eigenvalue weighted by atomic mass is 35.5. The Bertz CT molecular complexity index is 1110. The molecule has 1 heterocycles. The number of carbonyl (C=O) groups is 2. The molecule has 1 unspecified atom stereocenters. The first-order chi connectivity index (χ1) is 13.8. The maximum atomic E-state index is 13.6. The fourth-order valence-corrected chi connectivity index (χ4v) is 6.21. The molecule has 2 aromatic rings. The fourth-order valence-electron chi connectivity index (χ4n) is 3.54. The molecule has 0 spiro atoms. The number of anilines is 1. The van der Waals surface area contributed by atoms with Gasteiger partial charge >= 0.3 is 0 Å². The van der Waals surface area contributed by atoms with Crippen LogP contribution in [0.25, 0.3) is 0 Å². The van der Waals surface area contributed by atoms with E-state index >= 15 is 0 Å². The van der Waals surface area contributed by atoms with Crippen LogP contribution in [0.3, 0.4) is 0 Å². The lowest BCUT2D eigenvalue weighted by Gasteiger charge is -2.37. The molecular formula is C21H22Cl2N2O4S. The average molecular weight is 469 g/mol. The van der Waals surface area contributed by atoms with Crippen LogP contribution in [0, 0.1) is 6.92 Å². The third-order valence-corrected chi connectivity index (χ3v) is 7.68. The molecule has 0 aliphatic carbocycles. The molecule has 6 nitrogen and oxygen atoms in total. The SMILES string of the molecule is Cc1ccc(N2C(=O)CC(N(C(C)(C)C)S(=O)(=O)c3cc(Cl)ccc3Cl)C2=O)cc1. The smallest absolute Gasteiger partial charge is 0.252 e. The maximum absolute atomic E-state index is 13.6. The largest absolute Gasteiger partial charge is 0.274 e. The number of aryl methyl sites for hydroxylation is 1. The van der Waals surface area contributed by atoms with Crippen LogP contribution in [-0.2, 0) is 19.6 Å². The minimum Gasteiger partial charge on any atom is -0.274 e. The number of nitrogens with zero attached hydrogens (tertiary/aromatic N) is 2. The molecule has 3 rings (SSSR count). The number of amides is 2. The number of sulfonamides is 1. The summed E-state index contributed by atoms with van der Waals surface area (Å²) in [5.74, 6) is -1.06. The highest BCUT2D eigenvalue weighted by Gasteiger charge is 2.51. The van der Waals surface area contributed by atoms with Crippen LogP contribution in [0.1, 0.15) is 32.8 Å². The molecule has 0 N–H and O–H groups in total. The summed E-state index contributed by atoms with van der Waals surface area (Å²) in [6, 6.07) is 9.82. The number of imide groups is 1. The molecule has 1 atom stereocenters. The monoisotopic (exact) mass is 468 g/mol. The lowest BCUT2D eigenvalue weighted by molar-refractivity contribution is -0.122. The Balaban J connectivity index is 2.09. The molecule has 160 valence electrons. The molecule has 0 aromatic heterocycles. The van der Waals surface area contributed by atoms with Gasteiger partial charge in [-0.05, 0) is 58.0 Å². The highest BCUT2D eigenvalue weighted by Crippen LogP contribution is 2.36. The van der Waals surface area contributed by atoms with Crippen molar-refractivity contribution >= 4 is 50.7 Å². The number of benzene rings is 2. The Kier molecular flexibility index (Phi) is 6.04. The van der Waals surface area contributed by atoms with Gasteiger partial charge in [-0.1, -0.05) is 40.9 Å². The minimum atomic E-state index is -4.25. The van der Waals surface area contributed by atoms with Crippen molar-refractivity contribution in [3.8, 4) is 0 Å². The van der Waals surface area contributed by atoms with Gasteiger partial charge in [-0.3, -0.25) is 9.59 Å². The van der Waals surface area contributed by atoms with Crippen molar-refractivity contribution in [2.45, 2.75) is 50.6 Å². The van der Waals surface area contributed by atoms with Crippen LogP contribution in [0.5, 0.6) is 0 Å². The van der Waals surface area contributed by atoms with Gasteiger partial charge in [-0.15, -0.1) is 0 Å². The zero-order valence-corrected chi connectivity index (χ0v) is 19.3. The highest BCUT2D eigenvalue weighted by molar-refractivity contribution is 7.89. The first-order valence-electron chi connectivity index (χ1n) is 9.27. The molecule has 9 heteroatoms. The summed E-state index contributed by atoms with van der Waals surface area (Å²) in [5.41, 5.74) is 0.378. The third kappa shape index (κ3) is 4.12. The molecule has 30 heavy (non-hydrogen) atoms. The Morgan fingerprint density at radius 2 is 1.63 bits per heavy atom. The van der Waals surface area contributed by atoms with Gasteiger partial charge in [0.05, 0.1) is 17.1 Å². The summed E-state index contributed by atoms with van der Waals surface area (Å²) >= 11 is 12.2. The molecule has 2 amide bonds. The van der Waals surface area contributed by atoms with Gasteiger partial charge in [0, 0.05) is 10.6 Å². The summed E-state index contributed by atoms with van der Waals surface area (Å²) in [7, 11) is -4.25. The number of rotatable bonds is 4. The van der Waals surface area contributed by atoms with Gasteiger partial charge in [0.25, 0.3) is 5.91 Å². The maximum Gasteiger partial charge on any atom is 0.252 e. The zero-order chi connectivity index (χ0) is 22.4. The first kappa shape index (κ1) is 22.7. The number of hydrogen-bond acceptors (Lipinski definition) is 4. The van der Waals surface area contributed by atoms with Gasteiger partial charge < -0.3 is 0 Å². The average Bonchev–Trinajstić information content (AvgIpc) is 2.90. The lowest BCUT2D eigenvalue weighted by Crippen LogP contribution is -2.54. The van der Waals surface area contributed by atoms with Gasteiger partial charge in [-0.25, -0.2) is 13.3 Å². The van der Waals surface area contributed by atoms with Crippen molar-refractivity contribution < 1.29 is 18.0 Å². The van der Waals surface area contributed by atoms with Crippen LogP contribution in [-0.4, -0.2) is 36.1 Å². The Morgan fingerprint density at radius 3 is 2.20 bits per heavy atom. The number of carbonyl (C=O) groups excluding carboxylic acids is 2. The van der Waals surface area contributed by atoms with E-state index in [0.717, 1.165) is 14.8 Å². The van der Waals surface area contributed by atoms with E-state index in [1.54, 1.807) is 45.0 Å². The quantitative estimate of drug-likeness (QED) is 0.622. The van der Waals surface area contributed by atoms with Gasteiger partial charge in [0.15, 0.2) is 0 Å². The second-order valence-electron chi connectivity index (χ2n) is 8.17. The molecule has 0 bridgehead atoms. The van der Waals surface area contributed by atoms with Gasteiger partial charge in [0.2, 0.25) is 15.9 Å². The normalized spacial score (nSPS) is 17.8. The second kappa shape index (κ2) is 7.96. The van der Waals surface area contributed by atoms with Crippen LogP contribution < -0.4 is 4.90 Å². The van der Waals surface area contributed by atoms with Gasteiger partial charge in [-0.2, -0.15) is 4.31 Å². The Hall–Kier alpha value is -1.93.